The molecule has 1 atom stereocenters. The van der Waals surface area contributed by atoms with Crippen molar-refractivity contribution < 1.29 is 4.39 Å². The lowest BCUT2D eigenvalue weighted by Crippen LogP contribution is -2.12. The van der Waals surface area contributed by atoms with Crippen molar-refractivity contribution in [1.29, 1.82) is 0 Å². The highest BCUT2D eigenvalue weighted by Crippen LogP contribution is 2.28. The molecule has 4 heteroatoms. The quantitative estimate of drug-likeness (QED) is 0.881. The van der Waals surface area contributed by atoms with Gasteiger partial charge in [-0.1, -0.05) is 15.9 Å². The van der Waals surface area contributed by atoms with Crippen LogP contribution in [0.4, 0.5) is 4.39 Å². The summed E-state index contributed by atoms with van der Waals surface area (Å²) >= 11 is 5.05. The maximum absolute atomic E-state index is 13.7. The first-order valence-electron chi connectivity index (χ1n) is 5.74. The van der Waals surface area contributed by atoms with E-state index >= 15 is 0 Å². The van der Waals surface area contributed by atoms with Crippen LogP contribution in [0, 0.1) is 19.7 Å². The van der Waals surface area contributed by atoms with Gasteiger partial charge in [-0.3, -0.25) is 0 Å². The average molecular weight is 328 g/mol. The van der Waals surface area contributed by atoms with Crippen LogP contribution < -0.4 is 5.73 Å². The average Bonchev–Trinajstić information content (AvgIpc) is 2.64. The molecule has 1 heterocycles. The molecule has 0 aliphatic rings. The van der Waals surface area contributed by atoms with Crippen molar-refractivity contribution in [2.75, 3.05) is 0 Å². The Labute approximate surface area is 119 Å². The second-order valence-electron chi connectivity index (χ2n) is 4.43. The molecule has 1 unspecified atom stereocenters. The van der Waals surface area contributed by atoms with Crippen molar-refractivity contribution in [1.82, 2.24) is 0 Å². The Morgan fingerprint density at radius 2 is 2.06 bits per heavy atom. The molecule has 0 saturated heterocycles. The van der Waals surface area contributed by atoms with Crippen molar-refractivity contribution in [3.05, 3.63) is 55.4 Å². The van der Waals surface area contributed by atoms with Crippen molar-refractivity contribution in [3.8, 4) is 0 Å². The summed E-state index contributed by atoms with van der Waals surface area (Å²) in [5, 5.41) is 0. The molecule has 1 nitrogen and oxygen atoms in total. The van der Waals surface area contributed by atoms with E-state index in [2.05, 4.69) is 35.8 Å². The molecular formula is C14H15BrFNS. The van der Waals surface area contributed by atoms with E-state index in [9.17, 15) is 4.39 Å². The zero-order chi connectivity index (χ0) is 13.3. The van der Waals surface area contributed by atoms with Crippen molar-refractivity contribution in [2.45, 2.75) is 26.3 Å². The second-order valence-corrected chi connectivity index (χ2v) is 6.64. The smallest absolute Gasteiger partial charge is 0.126 e. The Balaban J connectivity index is 2.20. The summed E-state index contributed by atoms with van der Waals surface area (Å²) in [4.78, 5) is 2.39. The van der Waals surface area contributed by atoms with Gasteiger partial charge >= 0.3 is 0 Å². The van der Waals surface area contributed by atoms with Crippen molar-refractivity contribution in [3.63, 3.8) is 0 Å². The lowest BCUT2D eigenvalue weighted by atomic mass is 10.0. The second kappa shape index (κ2) is 5.51. The van der Waals surface area contributed by atoms with Gasteiger partial charge in [0.05, 0.1) is 0 Å². The van der Waals surface area contributed by atoms with Gasteiger partial charge in [-0.25, -0.2) is 4.39 Å². The third-order valence-electron chi connectivity index (χ3n) is 3.00. The van der Waals surface area contributed by atoms with E-state index in [-0.39, 0.29) is 11.9 Å². The van der Waals surface area contributed by atoms with Crippen LogP contribution in [0.2, 0.25) is 0 Å². The van der Waals surface area contributed by atoms with Crippen molar-refractivity contribution in [2.24, 2.45) is 5.73 Å². The first kappa shape index (κ1) is 13.7. The number of hydrogen-bond donors (Lipinski definition) is 1. The molecule has 2 N–H and O–H groups in total. The monoisotopic (exact) mass is 327 g/mol. The summed E-state index contributed by atoms with van der Waals surface area (Å²) in [7, 11) is 0. The Morgan fingerprint density at radius 3 is 2.67 bits per heavy atom. The van der Waals surface area contributed by atoms with E-state index in [0.717, 1.165) is 9.35 Å². The largest absolute Gasteiger partial charge is 0.323 e. The molecule has 0 aliphatic carbocycles. The molecule has 2 rings (SSSR count). The Kier molecular flexibility index (Phi) is 4.20. The minimum Gasteiger partial charge on any atom is -0.323 e. The molecule has 0 spiro atoms. The van der Waals surface area contributed by atoms with Crippen LogP contribution in [0.5, 0.6) is 0 Å². The fourth-order valence-corrected chi connectivity index (χ4v) is 3.27. The first-order chi connectivity index (χ1) is 8.47. The van der Waals surface area contributed by atoms with Crippen LogP contribution >= 0.6 is 27.3 Å². The van der Waals surface area contributed by atoms with Gasteiger partial charge in [0, 0.05) is 20.3 Å². The Hall–Kier alpha value is -0.710. The fraction of sp³-hybridized carbons (Fsp3) is 0.286. The van der Waals surface area contributed by atoms with Gasteiger partial charge in [-0.15, -0.1) is 11.3 Å². The van der Waals surface area contributed by atoms with Crippen LogP contribution in [-0.2, 0) is 6.42 Å². The number of benzene rings is 1. The highest BCUT2D eigenvalue weighted by atomic mass is 79.9. The van der Waals surface area contributed by atoms with E-state index < -0.39 is 0 Å². The van der Waals surface area contributed by atoms with E-state index in [1.54, 1.807) is 23.5 Å². The van der Waals surface area contributed by atoms with Gasteiger partial charge in [0.25, 0.3) is 0 Å². The van der Waals surface area contributed by atoms with Crippen molar-refractivity contribution >= 4 is 27.3 Å². The Morgan fingerprint density at radius 1 is 1.33 bits per heavy atom. The van der Waals surface area contributed by atoms with Gasteiger partial charge in [0.15, 0.2) is 0 Å². The maximum Gasteiger partial charge on any atom is 0.126 e. The normalized spacial score (nSPS) is 12.7. The minimum absolute atomic E-state index is 0.147. The molecule has 2 aromatic rings. The molecule has 0 aliphatic heterocycles. The highest BCUT2D eigenvalue weighted by Gasteiger charge is 2.13. The number of nitrogens with two attached hydrogens (primary N) is 1. The summed E-state index contributed by atoms with van der Waals surface area (Å²) in [5.41, 5.74) is 8.06. The van der Waals surface area contributed by atoms with Gasteiger partial charge < -0.3 is 5.73 Å². The van der Waals surface area contributed by atoms with E-state index in [0.29, 0.717) is 12.0 Å². The van der Waals surface area contributed by atoms with Gasteiger partial charge in [-0.2, -0.15) is 0 Å². The molecule has 96 valence electrons. The predicted molar refractivity (Wildman–Crippen MR) is 78.5 cm³/mol. The third-order valence-corrected chi connectivity index (χ3v) is 4.78. The SMILES string of the molecule is Cc1cc(C(N)Cc2cc(Br)ccc2F)sc1C. The van der Waals surface area contributed by atoms with Crippen LogP contribution in [0.3, 0.4) is 0 Å². The third kappa shape index (κ3) is 2.99. The zero-order valence-corrected chi connectivity index (χ0v) is 12.7. The molecular weight excluding hydrogens is 313 g/mol. The number of rotatable bonds is 3. The number of hydrogen-bond acceptors (Lipinski definition) is 2. The van der Waals surface area contributed by atoms with Crippen LogP contribution in [0.25, 0.3) is 0 Å². The maximum atomic E-state index is 13.7. The van der Waals surface area contributed by atoms with E-state index in [1.165, 1.54) is 16.5 Å². The van der Waals surface area contributed by atoms with Crippen LogP contribution in [-0.4, -0.2) is 0 Å². The van der Waals surface area contributed by atoms with Gasteiger partial charge in [-0.05, 0) is 55.7 Å². The van der Waals surface area contributed by atoms with Crippen LogP contribution in [0.15, 0.2) is 28.7 Å². The molecule has 0 radical (unpaired) electrons. The summed E-state index contributed by atoms with van der Waals surface area (Å²) in [5.74, 6) is -0.196. The summed E-state index contributed by atoms with van der Waals surface area (Å²) in [6.45, 7) is 4.15. The number of thiophene rings is 1. The van der Waals surface area contributed by atoms with Gasteiger partial charge in [0.1, 0.15) is 5.82 Å². The zero-order valence-electron chi connectivity index (χ0n) is 10.3. The molecule has 18 heavy (non-hydrogen) atoms. The first-order valence-corrected chi connectivity index (χ1v) is 7.34. The molecule has 0 amide bonds. The van der Waals surface area contributed by atoms with E-state index in [1.807, 2.05) is 0 Å². The Bertz CT molecular complexity index is 545. The lowest BCUT2D eigenvalue weighted by Gasteiger charge is -2.10. The molecule has 1 aromatic heterocycles. The predicted octanol–water partition coefficient (Wildman–Crippen LogP) is 4.51. The molecule has 1 aromatic carbocycles. The van der Waals surface area contributed by atoms with Gasteiger partial charge in [0.2, 0.25) is 0 Å². The minimum atomic E-state index is -0.196. The number of halogens is 2. The molecule has 0 bridgehead atoms. The topological polar surface area (TPSA) is 26.0 Å². The molecule has 0 fully saturated rings. The fourth-order valence-electron chi connectivity index (χ4n) is 1.82. The highest BCUT2D eigenvalue weighted by molar-refractivity contribution is 9.10. The van der Waals surface area contributed by atoms with E-state index in [4.69, 9.17) is 5.73 Å². The summed E-state index contributed by atoms with van der Waals surface area (Å²) < 4.78 is 14.5. The summed E-state index contributed by atoms with van der Waals surface area (Å²) in [6.07, 6.45) is 0.519. The number of aryl methyl sites for hydroxylation is 2. The molecule has 0 saturated carbocycles. The lowest BCUT2D eigenvalue weighted by molar-refractivity contribution is 0.594. The van der Waals surface area contributed by atoms with Crippen LogP contribution in [0.1, 0.15) is 26.9 Å². The summed E-state index contributed by atoms with van der Waals surface area (Å²) in [6, 6.07) is 6.91. The standard InChI is InChI=1S/C14H15BrFNS/c1-8-5-14(18-9(8)2)13(17)7-10-6-11(15)3-4-12(10)16/h3-6,13H,7,17H2,1-2H3.